The Hall–Kier alpha value is -2.37. The highest BCUT2D eigenvalue weighted by molar-refractivity contribution is 7.74. The second-order valence-corrected chi connectivity index (χ2v) is 7.74. The van der Waals surface area contributed by atoms with E-state index in [0.29, 0.717) is 4.70 Å². The number of thiophene rings is 1. The van der Waals surface area contributed by atoms with Gasteiger partial charge >= 0.3 is 23.9 Å². The van der Waals surface area contributed by atoms with Crippen molar-refractivity contribution in [3.05, 3.63) is 24.7 Å². The Morgan fingerprint density at radius 3 is 1.82 bits per heavy atom. The molecule has 11 heteroatoms. The quantitative estimate of drug-likeness (QED) is 0.375. The number of hydrogen-bond acceptors (Lipinski definition) is 11. The van der Waals surface area contributed by atoms with Crippen LogP contribution in [-0.2, 0) is 18.9 Å². The standard InChI is InChI=1S/C17H16O8S3/c1-5-24-14(19)9-7-8(13(18)22-3)10(15(20)23-4)28-17(26)12(7)27-11(9)16(21)25-6-2/h5-6H2,1-4H3. The molecule has 8 nitrogen and oxygen atoms in total. The lowest BCUT2D eigenvalue weighted by Gasteiger charge is -2.09. The molecule has 0 radical (unpaired) electrons. The summed E-state index contributed by atoms with van der Waals surface area (Å²) >= 11 is 7.05. The van der Waals surface area contributed by atoms with Gasteiger partial charge in [0.15, 0.2) is 0 Å². The van der Waals surface area contributed by atoms with Crippen molar-refractivity contribution in [2.45, 2.75) is 13.8 Å². The minimum atomic E-state index is -0.879. The van der Waals surface area contributed by atoms with Gasteiger partial charge < -0.3 is 18.9 Å². The van der Waals surface area contributed by atoms with Crippen LogP contribution in [0.3, 0.4) is 0 Å². The third kappa shape index (κ3) is 3.91. The zero-order valence-electron chi connectivity index (χ0n) is 15.4. The minimum Gasteiger partial charge on any atom is -0.465 e. The monoisotopic (exact) mass is 444 g/mol. The number of hydrogen-bond donors (Lipinski definition) is 0. The molecule has 0 saturated carbocycles. The average molecular weight is 445 g/mol. The molecule has 0 aliphatic carbocycles. The van der Waals surface area contributed by atoms with Crippen LogP contribution >= 0.6 is 34.9 Å². The van der Waals surface area contributed by atoms with E-state index in [9.17, 15) is 19.2 Å². The summed E-state index contributed by atoms with van der Waals surface area (Å²) in [7, 11) is 2.28. The van der Waals surface area contributed by atoms with Crippen LogP contribution in [0.2, 0.25) is 0 Å². The van der Waals surface area contributed by atoms with Gasteiger partial charge in [0, 0.05) is 5.39 Å². The van der Waals surface area contributed by atoms with E-state index >= 15 is 0 Å². The first-order valence-corrected chi connectivity index (χ1v) is 10.0. The summed E-state index contributed by atoms with van der Waals surface area (Å²) in [6, 6.07) is 0. The predicted molar refractivity (Wildman–Crippen MR) is 105 cm³/mol. The van der Waals surface area contributed by atoms with Gasteiger partial charge in [0.2, 0.25) is 0 Å². The van der Waals surface area contributed by atoms with E-state index in [1.54, 1.807) is 13.8 Å². The van der Waals surface area contributed by atoms with Crippen LogP contribution in [-0.4, -0.2) is 51.3 Å². The maximum Gasteiger partial charge on any atom is 0.349 e. The normalized spacial score (nSPS) is 10.4. The van der Waals surface area contributed by atoms with Crippen LogP contribution in [0.5, 0.6) is 0 Å². The van der Waals surface area contributed by atoms with Crippen LogP contribution in [0, 0.1) is 3.82 Å². The smallest absolute Gasteiger partial charge is 0.349 e. The van der Waals surface area contributed by atoms with Gasteiger partial charge in [-0.05, 0) is 13.8 Å². The van der Waals surface area contributed by atoms with Crippen molar-refractivity contribution < 1.29 is 38.1 Å². The number of carbonyl (C=O) groups excluding carboxylic acids is 4. The Kier molecular flexibility index (Phi) is 7.22. The van der Waals surface area contributed by atoms with Crippen LogP contribution in [0.1, 0.15) is 53.9 Å². The Balaban J connectivity index is 3.05. The van der Waals surface area contributed by atoms with E-state index in [2.05, 4.69) is 0 Å². The number of fused-ring (bicyclic) bond motifs is 1. The predicted octanol–water partition coefficient (Wildman–Crippen LogP) is 3.62. The Morgan fingerprint density at radius 2 is 1.29 bits per heavy atom. The number of carbonyl (C=O) groups is 4. The molecule has 0 unspecified atom stereocenters. The fourth-order valence-corrected chi connectivity index (χ4v) is 4.97. The molecule has 28 heavy (non-hydrogen) atoms. The molecular weight excluding hydrogens is 428 g/mol. The molecule has 0 fully saturated rings. The second kappa shape index (κ2) is 9.22. The molecule has 0 bridgehead atoms. The van der Waals surface area contributed by atoms with Gasteiger partial charge in [-0.3, -0.25) is 0 Å². The average Bonchev–Trinajstić information content (AvgIpc) is 3.08. The highest BCUT2D eigenvalue weighted by Crippen LogP contribution is 2.40. The first-order chi connectivity index (χ1) is 13.3. The van der Waals surface area contributed by atoms with Crippen molar-refractivity contribution in [2.24, 2.45) is 0 Å². The third-order valence-electron chi connectivity index (χ3n) is 3.47. The van der Waals surface area contributed by atoms with Crippen LogP contribution < -0.4 is 0 Å². The van der Waals surface area contributed by atoms with E-state index in [1.807, 2.05) is 0 Å². The van der Waals surface area contributed by atoms with E-state index in [-0.39, 0.29) is 43.3 Å². The number of rotatable bonds is 6. The van der Waals surface area contributed by atoms with Gasteiger partial charge in [0.05, 0.1) is 43.3 Å². The summed E-state index contributed by atoms with van der Waals surface area (Å²) in [4.78, 5) is 49.6. The lowest BCUT2D eigenvalue weighted by atomic mass is 10.1. The van der Waals surface area contributed by atoms with Crippen LogP contribution in [0.15, 0.2) is 0 Å². The maximum absolute atomic E-state index is 12.7. The molecule has 2 aromatic rings. The first-order valence-electron chi connectivity index (χ1n) is 7.96. The minimum absolute atomic E-state index is 0.0162. The molecule has 0 spiro atoms. The van der Waals surface area contributed by atoms with Gasteiger partial charge in [-0.2, -0.15) is 0 Å². The second-order valence-electron chi connectivity index (χ2n) is 5.03. The van der Waals surface area contributed by atoms with Crippen molar-refractivity contribution in [3.8, 4) is 0 Å². The lowest BCUT2D eigenvalue weighted by Crippen LogP contribution is -2.15. The van der Waals surface area contributed by atoms with Crippen molar-refractivity contribution >= 4 is 68.9 Å². The summed E-state index contributed by atoms with van der Waals surface area (Å²) in [6.07, 6.45) is 0. The van der Waals surface area contributed by atoms with E-state index in [4.69, 9.17) is 31.2 Å². The summed E-state index contributed by atoms with van der Waals surface area (Å²) < 4.78 is 20.1. The molecule has 0 N–H and O–H groups in total. The highest BCUT2D eigenvalue weighted by Gasteiger charge is 2.33. The SMILES string of the molecule is CCOC(=O)c1sc2c(=S)sc(C(=O)OC)c(C(=O)OC)c2c1C(=O)OCC. The van der Waals surface area contributed by atoms with Crippen molar-refractivity contribution in [2.75, 3.05) is 27.4 Å². The van der Waals surface area contributed by atoms with Gasteiger partial charge in [0.1, 0.15) is 13.6 Å². The molecule has 0 aromatic carbocycles. The first kappa shape index (κ1) is 21.9. The highest BCUT2D eigenvalue weighted by atomic mass is 32.1. The van der Waals surface area contributed by atoms with Crippen molar-refractivity contribution in [1.29, 1.82) is 0 Å². The maximum atomic E-state index is 12.7. The molecule has 2 rings (SSSR count). The molecule has 0 atom stereocenters. The molecule has 0 aliphatic rings. The van der Waals surface area contributed by atoms with E-state index in [1.165, 1.54) is 0 Å². The summed E-state index contributed by atoms with van der Waals surface area (Å²) in [5.74, 6) is -3.31. The van der Waals surface area contributed by atoms with Gasteiger partial charge in [-0.15, -0.1) is 22.7 Å². The molecular formula is C17H16O8S3. The molecule has 2 heterocycles. The summed E-state index contributed by atoms with van der Waals surface area (Å²) in [5, 5.41) is 0.0162. The zero-order valence-corrected chi connectivity index (χ0v) is 17.9. The fourth-order valence-electron chi connectivity index (χ4n) is 2.39. The number of methoxy groups -OCH3 is 2. The summed E-state index contributed by atoms with van der Waals surface area (Å²) in [5.41, 5.74) is -0.400. The van der Waals surface area contributed by atoms with Gasteiger partial charge in [0.25, 0.3) is 0 Å². The Bertz CT molecular complexity index is 1020. The fraction of sp³-hybridized carbons (Fsp3) is 0.353. The van der Waals surface area contributed by atoms with Crippen molar-refractivity contribution in [1.82, 2.24) is 0 Å². The Morgan fingerprint density at radius 1 is 0.786 bits per heavy atom. The largest absolute Gasteiger partial charge is 0.465 e. The van der Waals surface area contributed by atoms with Crippen LogP contribution in [0.4, 0.5) is 0 Å². The Labute approximate surface area is 173 Å². The lowest BCUT2D eigenvalue weighted by molar-refractivity contribution is 0.0485. The molecule has 0 amide bonds. The van der Waals surface area contributed by atoms with Gasteiger partial charge in [-0.25, -0.2) is 19.2 Å². The summed E-state index contributed by atoms with van der Waals surface area (Å²) in [6.45, 7) is 3.32. The van der Waals surface area contributed by atoms with Crippen molar-refractivity contribution in [3.63, 3.8) is 0 Å². The number of esters is 4. The molecule has 0 aliphatic heterocycles. The number of ether oxygens (including phenoxy) is 4. The molecule has 2 aromatic heterocycles. The molecule has 0 saturated heterocycles. The topological polar surface area (TPSA) is 105 Å². The third-order valence-corrected chi connectivity index (χ3v) is 6.33. The van der Waals surface area contributed by atoms with Gasteiger partial charge in [-0.1, -0.05) is 12.2 Å². The van der Waals surface area contributed by atoms with Crippen LogP contribution in [0.25, 0.3) is 10.1 Å². The van der Waals surface area contributed by atoms with E-state index in [0.717, 1.165) is 36.9 Å². The zero-order chi connectivity index (χ0) is 21.0. The van der Waals surface area contributed by atoms with E-state index < -0.39 is 23.9 Å². The molecule has 150 valence electrons.